The lowest BCUT2D eigenvalue weighted by atomic mass is 10.0. The molecule has 0 aliphatic rings. The molecular weight excluding hydrogens is 312 g/mol. The van der Waals surface area contributed by atoms with Crippen LogP contribution in [0.1, 0.15) is 12.5 Å². The third kappa shape index (κ3) is 2.93. The average molecular weight is 330 g/mol. The van der Waals surface area contributed by atoms with Crippen molar-refractivity contribution >= 4 is 21.4 Å². The number of ether oxygens (including phenoxy) is 1. The highest BCUT2D eigenvalue weighted by Crippen LogP contribution is 2.37. The number of rotatable bonds is 4. The highest BCUT2D eigenvalue weighted by Gasteiger charge is 2.08. The first-order chi connectivity index (χ1) is 11.8. The summed E-state index contributed by atoms with van der Waals surface area (Å²) in [4.78, 5) is 0. The van der Waals surface area contributed by atoms with Gasteiger partial charge < -0.3 is 4.74 Å². The molecule has 24 heavy (non-hydrogen) atoms. The van der Waals surface area contributed by atoms with Gasteiger partial charge in [-0.2, -0.15) is 0 Å². The van der Waals surface area contributed by atoms with Gasteiger partial charge in [0.1, 0.15) is 11.5 Å². The van der Waals surface area contributed by atoms with Crippen molar-refractivity contribution in [3.05, 3.63) is 83.7 Å². The molecule has 4 aromatic rings. The Morgan fingerprint density at radius 1 is 0.833 bits per heavy atom. The van der Waals surface area contributed by atoms with Crippen LogP contribution < -0.4 is 4.74 Å². The Kier molecular flexibility index (Phi) is 4.06. The minimum Gasteiger partial charge on any atom is -0.456 e. The molecule has 0 radical (unpaired) electrons. The lowest BCUT2D eigenvalue weighted by molar-refractivity contribution is 0.490. The summed E-state index contributed by atoms with van der Waals surface area (Å²) in [5.41, 5.74) is 3.88. The number of thiophene rings is 1. The number of hydrogen-bond acceptors (Lipinski definition) is 2. The number of fused-ring (bicyclic) bond motifs is 1. The van der Waals surface area contributed by atoms with Crippen molar-refractivity contribution in [1.82, 2.24) is 0 Å². The third-order valence-corrected chi connectivity index (χ3v) is 5.13. The molecule has 1 heterocycles. The van der Waals surface area contributed by atoms with Crippen LogP contribution in [0.3, 0.4) is 0 Å². The molecule has 0 aliphatic heterocycles. The maximum Gasteiger partial charge on any atom is 0.145 e. The van der Waals surface area contributed by atoms with Crippen LogP contribution in [-0.4, -0.2) is 0 Å². The normalized spacial score (nSPS) is 10.9. The Balaban J connectivity index is 1.67. The zero-order valence-corrected chi connectivity index (χ0v) is 14.3. The number of aryl methyl sites for hydroxylation is 1. The molecule has 1 nitrogen and oxygen atoms in total. The highest BCUT2D eigenvalue weighted by atomic mass is 32.1. The van der Waals surface area contributed by atoms with E-state index in [0.29, 0.717) is 0 Å². The molecule has 0 saturated carbocycles. The molecular formula is C22H18OS. The van der Waals surface area contributed by atoms with Gasteiger partial charge in [0.15, 0.2) is 0 Å². The van der Waals surface area contributed by atoms with E-state index in [4.69, 9.17) is 4.74 Å². The fourth-order valence-corrected chi connectivity index (χ4v) is 3.71. The first-order valence-corrected chi connectivity index (χ1v) is 9.05. The van der Waals surface area contributed by atoms with Crippen LogP contribution in [0, 0.1) is 0 Å². The van der Waals surface area contributed by atoms with Crippen molar-refractivity contribution in [1.29, 1.82) is 0 Å². The summed E-state index contributed by atoms with van der Waals surface area (Å²) < 4.78 is 7.27. The topological polar surface area (TPSA) is 9.23 Å². The van der Waals surface area contributed by atoms with E-state index in [2.05, 4.69) is 54.8 Å². The molecule has 1 aromatic heterocycles. The average Bonchev–Trinajstić information content (AvgIpc) is 3.05. The number of para-hydroxylation sites is 1. The Hall–Kier alpha value is -2.58. The van der Waals surface area contributed by atoms with Crippen molar-refractivity contribution in [2.24, 2.45) is 0 Å². The molecule has 3 aromatic carbocycles. The van der Waals surface area contributed by atoms with Crippen molar-refractivity contribution in [2.45, 2.75) is 13.3 Å². The molecule has 0 N–H and O–H groups in total. The molecule has 0 atom stereocenters. The van der Waals surface area contributed by atoms with E-state index in [0.717, 1.165) is 23.3 Å². The number of benzene rings is 3. The van der Waals surface area contributed by atoms with Gasteiger partial charge in [-0.15, -0.1) is 11.3 Å². The van der Waals surface area contributed by atoms with Crippen molar-refractivity contribution in [2.75, 3.05) is 0 Å². The monoisotopic (exact) mass is 330 g/mol. The minimum absolute atomic E-state index is 0.872. The molecule has 0 amide bonds. The molecule has 118 valence electrons. The van der Waals surface area contributed by atoms with Gasteiger partial charge >= 0.3 is 0 Å². The van der Waals surface area contributed by atoms with E-state index in [1.54, 1.807) is 11.3 Å². The van der Waals surface area contributed by atoms with Crippen molar-refractivity contribution in [3.63, 3.8) is 0 Å². The van der Waals surface area contributed by atoms with E-state index in [-0.39, 0.29) is 0 Å². The van der Waals surface area contributed by atoms with Gasteiger partial charge in [-0.3, -0.25) is 0 Å². The van der Waals surface area contributed by atoms with Gasteiger partial charge in [-0.1, -0.05) is 55.5 Å². The zero-order chi connectivity index (χ0) is 16.4. The predicted molar refractivity (Wildman–Crippen MR) is 103 cm³/mol. The lowest BCUT2D eigenvalue weighted by Crippen LogP contribution is -1.83. The van der Waals surface area contributed by atoms with Crippen LogP contribution in [0.25, 0.3) is 21.2 Å². The van der Waals surface area contributed by atoms with Gasteiger partial charge in [0.2, 0.25) is 0 Å². The van der Waals surface area contributed by atoms with Crippen LogP contribution in [0.2, 0.25) is 0 Å². The Labute approximate surface area is 146 Å². The van der Waals surface area contributed by atoms with E-state index in [1.165, 1.54) is 21.4 Å². The van der Waals surface area contributed by atoms with E-state index in [1.807, 2.05) is 30.3 Å². The Morgan fingerprint density at radius 2 is 1.58 bits per heavy atom. The fourth-order valence-electron chi connectivity index (χ4n) is 2.81. The fraction of sp³-hybridized carbons (Fsp3) is 0.0909. The predicted octanol–water partition coefficient (Wildman–Crippen LogP) is 6.92. The summed E-state index contributed by atoms with van der Waals surface area (Å²) in [5, 5.41) is 3.25. The molecule has 0 aliphatic carbocycles. The lowest BCUT2D eigenvalue weighted by Gasteiger charge is -2.06. The van der Waals surface area contributed by atoms with E-state index in [9.17, 15) is 0 Å². The van der Waals surface area contributed by atoms with E-state index >= 15 is 0 Å². The summed E-state index contributed by atoms with van der Waals surface area (Å²) in [7, 11) is 0. The highest BCUT2D eigenvalue weighted by molar-refractivity contribution is 7.17. The van der Waals surface area contributed by atoms with Gasteiger partial charge in [-0.25, -0.2) is 0 Å². The number of hydrogen-bond donors (Lipinski definition) is 0. The maximum absolute atomic E-state index is 6.02. The molecule has 0 unspecified atom stereocenters. The van der Waals surface area contributed by atoms with Crippen LogP contribution in [0.15, 0.2) is 78.2 Å². The largest absolute Gasteiger partial charge is 0.456 e. The summed E-state index contributed by atoms with van der Waals surface area (Å²) in [6.45, 7) is 2.18. The third-order valence-electron chi connectivity index (χ3n) is 4.21. The first kappa shape index (κ1) is 15.0. The summed E-state index contributed by atoms with van der Waals surface area (Å²) >= 11 is 1.72. The first-order valence-electron chi connectivity index (χ1n) is 8.17. The smallest absolute Gasteiger partial charge is 0.145 e. The Bertz CT molecular complexity index is 952. The second-order valence-corrected chi connectivity index (χ2v) is 6.69. The second-order valence-electron chi connectivity index (χ2n) is 5.78. The SMILES string of the molecule is CCc1ccc(-c2ccc3c(Oc4ccccc4)csc3c2)cc1. The van der Waals surface area contributed by atoms with Gasteiger partial charge in [0.05, 0.1) is 0 Å². The zero-order valence-electron chi connectivity index (χ0n) is 13.5. The summed E-state index contributed by atoms with van der Waals surface area (Å²) in [6.07, 6.45) is 1.07. The van der Waals surface area contributed by atoms with Gasteiger partial charge in [-0.05, 0) is 47.4 Å². The minimum atomic E-state index is 0.872. The summed E-state index contributed by atoms with van der Waals surface area (Å²) in [6, 6.07) is 25.3. The van der Waals surface area contributed by atoms with Crippen LogP contribution >= 0.6 is 11.3 Å². The molecule has 4 rings (SSSR count). The Morgan fingerprint density at radius 3 is 2.33 bits per heavy atom. The maximum atomic E-state index is 6.02. The van der Waals surface area contributed by atoms with Crippen LogP contribution in [-0.2, 0) is 6.42 Å². The summed E-state index contributed by atoms with van der Waals surface area (Å²) in [5.74, 6) is 1.80. The van der Waals surface area contributed by atoms with Crippen molar-refractivity contribution in [3.8, 4) is 22.6 Å². The standard InChI is InChI=1S/C22H18OS/c1-2-16-8-10-17(11-9-16)18-12-13-20-21(15-24-22(20)14-18)23-19-6-4-3-5-7-19/h3-15H,2H2,1H3. The molecule has 0 bridgehead atoms. The van der Waals surface area contributed by atoms with Crippen molar-refractivity contribution < 1.29 is 4.74 Å². The molecule has 0 spiro atoms. The molecule has 2 heteroatoms. The second kappa shape index (κ2) is 6.50. The molecule has 0 fully saturated rings. The van der Waals surface area contributed by atoms with E-state index < -0.39 is 0 Å². The molecule has 0 saturated heterocycles. The quantitative estimate of drug-likeness (QED) is 0.394. The van der Waals surface area contributed by atoms with Gasteiger partial charge in [0, 0.05) is 15.5 Å². The van der Waals surface area contributed by atoms with Gasteiger partial charge in [0.25, 0.3) is 0 Å². The van der Waals surface area contributed by atoms with Crippen LogP contribution in [0.4, 0.5) is 0 Å². The van der Waals surface area contributed by atoms with Crippen LogP contribution in [0.5, 0.6) is 11.5 Å².